The lowest BCUT2D eigenvalue weighted by Crippen LogP contribution is -2.35. The molecular formula is C13H20N2O2. The van der Waals surface area contributed by atoms with Crippen molar-refractivity contribution in [2.75, 3.05) is 24.6 Å². The highest BCUT2D eigenvalue weighted by Crippen LogP contribution is 2.24. The zero-order valence-corrected chi connectivity index (χ0v) is 10.3. The van der Waals surface area contributed by atoms with E-state index in [0.29, 0.717) is 12.5 Å². The smallest absolute Gasteiger partial charge is 0.131 e. The summed E-state index contributed by atoms with van der Waals surface area (Å²) in [6, 6.07) is 1.99. The van der Waals surface area contributed by atoms with Gasteiger partial charge in [-0.25, -0.2) is 4.98 Å². The Bertz CT molecular complexity index is 374. The largest absolute Gasteiger partial charge is 0.396 e. The number of aliphatic hydroxyl groups excluding tert-OH is 2. The predicted molar refractivity (Wildman–Crippen MR) is 66.9 cm³/mol. The standard InChI is InChI=1S/C13H20N2O2/c1-10-6-12(9-17)7-14-13(10)15-4-2-11(8-16)3-5-15/h6-7,11,16-17H,2-5,8-9H2,1H3. The van der Waals surface area contributed by atoms with Gasteiger partial charge in [0.2, 0.25) is 0 Å². The van der Waals surface area contributed by atoms with Crippen LogP contribution in [0.5, 0.6) is 0 Å². The molecule has 0 spiro atoms. The summed E-state index contributed by atoms with van der Waals surface area (Å²) in [7, 11) is 0. The number of piperidine rings is 1. The third kappa shape index (κ3) is 2.76. The molecule has 1 aromatic heterocycles. The van der Waals surface area contributed by atoms with Gasteiger partial charge in [-0.1, -0.05) is 0 Å². The van der Waals surface area contributed by atoms with Crippen LogP contribution in [0.2, 0.25) is 0 Å². The van der Waals surface area contributed by atoms with Gasteiger partial charge < -0.3 is 15.1 Å². The molecule has 0 bridgehead atoms. The summed E-state index contributed by atoms with van der Waals surface area (Å²) in [5.41, 5.74) is 1.97. The number of aromatic nitrogens is 1. The van der Waals surface area contributed by atoms with E-state index in [4.69, 9.17) is 10.2 Å². The summed E-state index contributed by atoms with van der Waals surface area (Å²) in [6.07, 6.45) is 3.79. The fraction of sp³-hybridized carbons (Fsp3) is 0.615. The molecule has 0 amide bonds. The Morgan fingerprint density at radius 1 is 1.35 bits per heavy atom. The van der Waals surface area contributed by atoms with E-state index in [1.165, 1.54) is 0 Å². The topological polar surface area (TPSA) is 56.6 Å². The Morgan fingerprint density at radius 3 is 2.59 bits per heavy atom. The monoisotopic (exact) mass is 236 g/mol. The molecule has 1 aliphatic heterocycles. The molecule has 17 heavy (non-hydrogen) atoms. The van der Waals surface area contributed by atoms with Gasteiger partial charge in [-0.15, -0.1) is 0 Å². The number of rotatable bonds is 3. The van der Waals surface area contributed by atoms with E-state index in [1.807, 2.05) is 13.0 Å². The number of anilines is 1. The van der Waals surface area contributed by atoms with Crippen molar-refractivity contribution in [1.29, 1.82) is 0 Å². The maximum Gasteiger partial charge on any atom is 0.131 e. The molecule has 1 aliphatic rings. The summed E-state index contributed by atoms with van der Waals surface area (Å²) in [5, 5.41) is 18.2. The Morgan fingerprint density at radius 2 is 2.06 bits per heavy atom. The van der Waals surface area contributed by atoms with Crippen LogP contribution >= 0.6 is 0 Å². The van der Waals surface area contributed by atoms with Gasteiger partial charge in [0.25, 0.3) is 0 Å². The predicted octanol–water partition coefficient (Wildman–Crippen LogP) is 1.09. The maximum absolute atomic E-state index is 9.11. The summed E-state index contributed by atoms with van der Waals surface area (Å²) >= 11 is 0. The Balaban J connectivity index is 2.08. The molecule has 2 N–H and O–H groups in total. The molecule has 2 rings (SSSR count). The summed E-state index contributed by atoms with van der Waals surface area (Å²) in [6.45, 7) is 4.28. The van der Waals surface area contributed by atoms with E-state index in [-0.39, 0.29) is 6.61 Å². The molecule has 2 heterocycles. The Kier molecular flexibility index (Phi) is 3.97. The van der Waals surface area contributed by atoms with Crippen molar-refractivity contribution < 1.29 is 10.2 Å². The van der Waals surface area contributed by atoms with Crippen molar-refractivity contribution in [3.63, 3.8) is 0 Å². The van der Waals surface area contributed by atoms with Gasteiger partial charge in [0.15, 0.2) is 0 Å². The lowest BCUT2D eigenvalue weighted by Gasteiger charge is -2.32. The van der Waals surface area contributed by atoms with E-state index in [2.05, 4.69) is 9.88 Å². The molecule has 4 nitrogen and oxygen atoms in total. The lowest BCUT2D eigenvalue weighted by atomic mass is 9.97. The van der Waals surface area contributed by atoms with E-state index in [0.717, 1.165) is 42.9 Å². The van der Waals surface area contributed by atoms with Gasteiger partial charge in [0.1, 0.15) is 5.82 Å². The Hall–Kier alpha value is -1.13. The number of hydrogen-bond donors (Lipinski definition) is 2. The first-order valence-electron chi connectivity index (χ1n) is 6.16. The molecule has 1 aromatic rings. The first kappa shape index (κ1) is 12.3. The minimum atomic E-state index is 0.0424. The molecule has 1 fully saturated rings. The van der Waals surface area contributed by atoms with Crippen LogP contribution in [0.15, 0.2) is 12.3 Å². The van der Waals surface area contributed by atoms with Crippen molar-refractivity contribution in [1.82, 2.24) is 4.98 Å². The molecule has 94 valence electrons. The van der Waals surface area contributed by atoms with Gasteiger partial charge in [-0.3, -0.25) is 0 Å². The van der Waals surface area contributed by atoms with Crippen molar-refractivity contribution in [3.8, 4) is 0 Å². The van der Waals surface area contributed by atoms with Crippen LogP contribution < -0.4 is 4.90 Å². The van der Waals surface area contributed by atoms with Gasteiger partial charge in [-0.05, 0) is 42.9 Å². The molecule has 0 saturated carbocycles. The van der Waals surface area contributed by atoms with Gasteiger partial charge in [0.05, 0.1) is 6.61 Å². The highest BCUT2D eigenvalue weighted by molar-refractivity contribution is 5.47. The molecule has 0 radical (unpaired) electrons. The quantitative estimate of drug-likeness (QED) is 0.825. The van der Waals surface area contributed by atoms with E-state index in [1.54, 1.807) is 6.20 Å². The highest BCUT2D eigenvalue weighted by atomic mass is 16.3. The van der Waals surface area contributed by atoms with Gasteiger partial charge in [0, 0.05) is 25.9 Å². The van der Waals surface area contributed by atoms with Crippen molar-refractivity contribution in [2.45, 2.75) is 26.4 Å². The SMILES string of the molecule is Cc1cc(CO)cnc1N1CCC(CO)CC1. The Labute approximate surface area is 102 Å². The zero-order valence-electron chi connectivity index (χ0n) is 10.3. The first-order valence-corrected chi connectivity index (χ1v) is 6.16. The third-order valence-corrected chi connectivity index (χ3v) is 3.46. The number of aliphatic hydroxyl groups is 2. The fourth-order valence-corrected chi connectivity index (χ4v) is 2.37. The number of nitrogens with zero attached hydrogens (tertiary/aromatic N) is 2. The van der Waals surface area contributed by atoms with Crippen LogP contribution in [0.3, 0.4) is 0 Å². The molecule has 1 saturated heterocycles. The van der Waals surface area contributed by atoms with Crippen LogP contribution in [0.1, 0.15) is 24.0 Å². The molecule has 0 aliphatic carbocycles. The molecule has 0 unspecified atom stereocenters. The third-order valence-electron chi connectivity index (χ3n) is 3.46. The first-order chi connectivity index (χ1) is 8.24. The minimum absolute atomic E-state index is 0.0424. The summed E-state index contributed by atoms with van der Waals surface area (Å²) < 4.78 is 0. The normalized spacial score (nSPS) is 17.5. The number of hydrogen-bond acceptors (Lipinski definition) is 4. The van der Waals surface area contributed by atoms with Gasteiger partial charge in [-0.2, -0.15) is 0 Å². The second-order valence-corrected chi connectivity index (χ2v) is 4.76. The van der Waals surface area contributed by atoms with Crippen molar-refractivity contribution in [3.05, 3.63) is 23.4 Å². The van der Waals surface area contributed by atoms with Gasteiger partial charge >= 0.3 is 0 Å². The highest BCUT2D eigenvalue weighted by Gasteiger charge is 2.20. The molecule has 4 heteroatoms. The van der Waals surface area contributed by atoms with Crippen LogP contribution in [0.4, 0.5) is 5.82 Å². The van der Waals surface area contributed by atoms with Crippen LogP contribution in [-0.4, -0.2) is 34.9 Å². The second kappa shape index (κ2) is 5.47. The number of aryl methyl sites for hydroxylation is 1. The van der Waals surface area contributed by atoms with E-state index < -0.39 is 0 Å². The zero-order chi connectivity index (χ0) is 12.3. The average Bonchev–Trinajstić information content (AvgIpc) is 2.39. The van der Waals surface area contributed by atoms with E-state index >= 15 is 0 Å². The average molecular weight is 236 g/mol. The molecule has 0 aromatic carbocycles. The van der Waals surface area contributed by atoms with Crippen molar-refractivity contribution >= 4 is 5.82 Å². The number of pyridine rings is 1. The molecule has 0 atom stereocenters. The van der Waals surface area contributed by atoms with E-state index in [9.17, 15) is 0 Å². The fourth-order valence-electron chi connectivity index (χ4n) is 2.37. The molecular weight excluding hydrogens is 216 g/mol. The van der Waals surface area contributed by atoms with Crippen LogP contribution in [-0.2, 0) is 6.61 Å². The lowest BCUT2D eigenvalue weighted by molar-refractivity contribution is 0.202. The van der Waals surface area contributed by atoms with Crippen molar-refractivity contribution in [2.24, 2.45) is 5.92 Å². The van der Waals surface area contributed by atoms with Crippen LogP contribution in [0, 0.1) is 12.8 Å². The summed E-state index contributed by atoms with van der Waals surface area (Å²) in [4.78, 5) is 6.69. The minimum Gasteiger partial charge on any atom is -0.396 e. The maximum atomic E-state index is 9.11. The van der Waals surface area contributed by atoms with Crippen LogP contribution in [0.25, 0.3) is 0 Å². The summed E-state index contributed by atoms with van der Waals surface area (Å²) in [5.74, 6) is 1.46. The second-order valence-electron chi connectivity index (χ2n) is 4.76.